The molecule has 2 aliphatic heterocycles. The van der Waals surface area contributed by atoms with Gasteiger partial charge in [0, 0.05) is 25.2 Å². The first kappa shape index (κ1) is 20.5. The molecule has 0 aromatic heterocycles. The number of amides is 4. The number of nitrogens with zero attached hydrogens (tertiary/aromatic N) is 2. The van der Waals surface area contributed by atoms with Crippen molar-refractivity contribution in [2.75, 3.05) is 0 Å². The lowest BCUT2D eigenvalue weighted by molar-refractivity contribution is -0.201. The van der Waals surface area contributed by atoms with E-state index in [1.807, 2.05) is 0 Å². The van der Waals surface area contributed by atoms with Gasteiger partial charge in [-0.05, 0) is 11.8 Å². The van der Waals surface area contributed by atoms with E-state index in [2.05, 4.69) is 0 Å². The molecular weight excluding hydrogens is 360 g/mol. The monoisotopic (exact) mass is 382 g/mol. The van der Waals surface area contributed by atoms with Gasteiger partial charge in [-0.15, -0.1) is 10.1 Å². The number of carbonyl (C=O) groups excluding carboxylic acids is 6. The summed E-state index contributed by atoms with van der Waals surface area (Å²) in [6.07, 6.45) is -0.517. The van der Waals surface area contributed by atoms with Crippen LogP contribution in [0.4, 0.5) is 0 Å². The third-order valence-corrected chi connectivity index (χ3v) is 4.52. The summed E-state index contributed by atoms with van der Waals surface area (Å²) in [5, 5.41) is 0.908. The second-order valence-electron chi connectivity index (χ2n) is 7.05. The SMILES string of the molecule is CC1CC(=O)N(OC(=O)CC(CC(=O)ON2C(=O)CCC2=O)C(C)C)C1=O. The van der Waals surface area contributed by atoms with Gasteiger partial charge >= 0.3 is 11.9 Å². The number of hydroxylamine groups is 4. The largest absolute Gasteiger partial charge is 0.333 e. The molecule has 0 aliphatic carbocycles. The maximum Gasteiger partial charge on any atom is 0.333 e. The molecule has 2 aliphatic rings. The van der Waals surface area contributed by atoms with E-state index in [0.717, 1.165) is 0 Å². The highest BCUT2D eigenvalue weighted by Crippen LogP contribution is 2.24. The number of hydrogen-bond acceptors (Lipinski definition) is 8. The zero-order valence-electron chi connectivity index (χ0n) is 15.4. The minimum absolute atomic E-state index is 0.0115. The summed E-state index contributed by atoms with van der Waals surface area (Å²) in [5.74, 6) is -5.22. The molecule has 0 spiro atoms. The molecule has 2 atom stereocenters. The Morgan fingerprint density at radius 1 is 0.926 bits per heavy atom. The second kappa shape index (κ2) is 8.28. The molecule has 2 fully saturated rings. The molecular formula is C17H22N2O8. The molecule has 4 amide bonds. The molecule has 0 aromatic carbocycles. The lowest BCUT2D eigenvalue weighted by Gasteiger charge is -2.21. The van der Waals surface area contributed by atoms with Gasteiger partial charge in [0.1, 0.15) is 0 Å². The maximum absolute atomic E-state index is 12.1. The highest BCUT2D eigenvalue weighted by molar-refractivity contribution is 6.03. The van der Waals surface area contributed by atoms with Gasteiger partial charge in [0.15, 0.2) is 0 Å². The van der Waals surface area contributed by atoms with Crippen LogP contribution in [-0.2, 0) is 38.4 Å². The Bertz CT molecular complexity index is 670. The molecule has 10 nitrogen and oxygen atoms in total. The smallest absolute Gasteiger partial charge is 0.330 e. The highest BCUT2D eigenvalue weighted by Gasteiger charge is 2.39. The van der Waals surface area contributed by atoms with E-state index in [1.54, 1.807) is 20.8 Å². The lowest BCUT2D eigenvalue weighted by atomic mass is 9.89. The summed E-state index contributed by atoms with van der Waals surface area (Å²) in [6.45, 7) is 5.10. The van der Waals surface area contributed by atoms with E-state index in [1.165, 1.54) is 0 Å². The molecule has 0 bridgehead atoms. The van der Waals surface area contributed by atoms with Crippen LogP contribution in [0, 0.1) is 17.8 Å². The molecule has 2 rings (SSSR count). The summed E-state index contributed by atoms with van der Waals surface area (Å²) in [4.78, 5) is 80.2. The van der Waals surface area contributed by atoms with Gasteiger partial charge in [-0.3, -0.25) is 19.2 Å². The molecule has 2 unspecified atom stereocenters. The van der Waals surface area contributed by atoms with Gasteiger partial charge in [-0.1, -0.05) is 20.8 Å². The van der Waals surface area contributed by atoms with E-state index >= 15 is 0 Å². The first-order chi connectivity index (χ1) is 12.6. The number of carbonyl (C=O) groups is 6. The fourth-order valence-corrected chi connectivity index (χ4v) is 2.76. The van der Waals surface area contributed by atoms with Crippen molar-refractivity contribution in [3.05, 3.63) is 0 Å². The van der Waals surface area contributed by atoms with Crippen molar-refractivity contribution in [3.63, 3.8) is 0 Å². The molecule has 10 heteroatoms. The van der Waals surface area contributed by atoms with Gasteiger partial charge in [-0.2, -0.15) is 0 Å². The van der Waals surface area contributed by atoms with Crippen LogP contribution in [0.3, 0.4) is 0 Å². The predicted molar refractivity (Wildman–Crippen MR) is 86.5 cm³/mol. The van der Waals surface area contributed by atoms with Crippen LogP contribution >= 0.6 is 0 Å². The van der Waals surface area contributed by atoms with Crippen molar-refractivity contribution >= 4 is 35.6 Å². The van der Waals surface area contributed by atoms with Gasteiger partial charge in [0.25, 0.3) is 23.6 Å². The average molecular weight is 382 g/mol. The van der Waals surface area contributed by atoms with Gasteiger partial charge in [0.05, 0.1) is 12.8 Å². The van der Waals surface area contributed by atoms with E-state index in [4.69, 9.17) is 9.68 Å². The van der Waals surface area contributed by atoms with Gasteiger partial charge < -0.3 is 9.68 Å². The Labute approximate surface area is 155 Å². The van der Waals surface area contributed by atoms with E-state index < -0.39 is 47.4 Å². The van der Waals surface area contributed by atoms with Crippen LogP contribution in [0.25, 0.3) is 0 Å². The summed E-state index contributed by atoms with van der Waals surface area (Å²) >= 11 is 0. The first-order valence-corrected chi connectivity index (χ1v) is 8.74. The van der Waals surface area contributed by atoms with Crippen molar-refractivity contribution in [2.45, 2.75) is 52.9 Å². The summed E-state index contributed by atoms with van der Waals surface area (Å²) in [7, 11) is 0. The number of imide groups is 2. The highest BCUT2D eigenvalue weighted by atomic mass is 16.7. The predicted octanol–water partition coefficient (Wildman–Crippen LogP) is 0.499. The van der Waals surface area contributed by atoms with E-state index in [0.29, 0.717) is 10.1 Å². The minimum atomic E-state index is -0.828. The van der Waals surface area contributed by atoms with Crippen LogP contribution in [-0.4, -0.2) is 45.7 Å². The molecule has 2 heterocycles. The molecule has 27 heavy (non-hydrogen) atoms. The normalized spacial score (nSPS) is 21.3. The Balaban J connectivity index is 1.91. The molecule has 0 aromatic rings. The first-order valence-electron chi connectivity index (χ1n) is 8.74. The molecule has 0 radical (unpaired) electrons. The Morgan fingerprint density at radius 3 is 1.81 bits per heavy atom. The zero-order valence-corrected chi connectivity index (χ0v) is 15.4. The Kier molecular flexibility index (Phi) is 6.29. The quantitative estimate of drug-likeness (QED) is 0.582. The van der Waals surface area contributed by atoms with Crippen LogP contribution in [0.1, 0.15) is 52.9 Å². The van der Waals surface area contributed by atoms with Crippen LogP contribution in [0.2, 0.25) is 0 Å². The average Bonchev–Trinajstić information content (AvgIpc) is 3.01. The van der Waals surface area contributed by atoms with Crippen molar-refractivity contribution in [2.24, 2.45) is 17.8 Å². The fraction of sp³-hybridized carbons (Fsp3) is 0.647. The molecule has 0 saturated carbocycles. The van der Waals surface area contributed by atoms with Crippen LogP contribution in [0.5, 0.6) is 0 Å². The standard InChI is InChI=1S/C17H22N2O8/c1-9(2)11(7-15(23)26-18-12(20)4-5-13(18)21)8-16(24)27-19-14(22)6-10(3)17(19)25/h9-11H,4-8H2,1-3H3. The Morgan fingerprint density at radius 2 is 1.41 bits per heavy atom. The number of hydrogen-bond donors (Lipinski definition) is 0. The van der Waals surface area contributed by atoms with E-state index in [9.17, 15) is 28.8 Å². The van der Waals surface area contributed by atoms with Crippen molar-refractivity contribution in [3.8, 4) is 0 Å². The second-order valence-corrected chi connectivity index (χ2v) is 7.05. The third-order valence-electron chi connectivity index (χ3n) is 4.52. The van der Waals surface area contributed by atoms with Gasteiger partial charge in [0.2, 0.25) is 0 Å². The maximum atomic E-state index is 12.1. The van der Waals surface area contributed by atoms with E-state index in [-0.39, 0.29) is 38.0 Å². The lowest BCUT2D eigenvalue weighted by Crippen LogP contribution is -2.35. The van der Waals surface area contributed by atoms with Crippen LogP contribution in [0.15, 0.2) is 0 Å². The molecule has 2 saturated heterocycles. The van der Waals surface area contributed by atoms with Crippen molar-refractivity contribution in [1.82, 2.24) is 10.1 Å². The number of rotatable bonds is 7. The summed E-state index contributed by atoms with van der Waals surface area (Å²) in [6, 6.07) is 0. The molecule has 148 valence electrons. The third kappa shape index (κ3) is 4.89. The summed E-state index contributed by atoms with van der Waals surface area (Å²) in [5.41, 5.74) is 0. The Hall–Kier alpha value is -2.78. The zero-order chi connectivity index (χ0) is 20.3. The minimum Gasteiger partial charge on any atom is -0.330 e. The van der Waals surface area contributed by atoms with Gasteiger partial charge in [-0.25, -0.2) is 9.59 Å². The van der Waals surface area contributed by atoms with Crippen molar-refractivity contribution in [1.29, 1.82) is 0 Å². The summed E-state index contributed by atoms with van der Waals surface area (Å²) < 4.78 is 0. The topological polar surface area (TPSA) is 127 Å². The van der Waals surface area contributed by atoms with Crippen molar-refractivity contribution < 1.29 is 38.4 Å². The molecule has 0 N–H and O–H groups in total. The van der Waals surface area contributed by atoms with Crippen LogP contribution < -0.4 is 0 Å². The fourth-order valence-electron chi connectivity index (χ4n) is 2.76.